The van der Waals surface area contributed by atoms with Gasteiger partial charge in [-0.05, 0) is 46.9 Å². The first kappa shape index (κ1) is 21.3. The number of hydrogen-bond donors (Lipinski definition) is 0. The highest BCUT2D eigenvalue weighted by Gasteiger charge is 2.48. The Bertz CT molecular complexity index is 1450. The van der Waals surface area contributed by atoms with Crippen LogP contribution in [0.4, 0.5) is 0 Å². The van der Waals surface area contributed by atoms with E-state index in [9.17, 15) is 8.42 Å². The Balaban J connectivity index is 1.57. The Kier molecular flexibility index (Phi) is 5.14. The Hall–Kier alpha value is -3.25. The molecule has 170 valence electrons. The van der Waals surface area contributed by atoms with Crippen LogP contribution in [0.25, 0.3) is 11.1 Å². The molecule has 2 atom stereocenters. The maximum Gasteiger partial charge on any atom is 0.244 e. The molecule has 4 aromatic rings. The molecule has 1 saturated heterocycles. The smallest absolute Gasteiger partial charge is 0.244 e. The molecule has 5 heteroatoms. The zero-order valence-corrected chi connectivity index (χ0v) is 19.8. The van der Waals surface area contributed by atoms with Crippen LogP contribution in [0, 0.1) is 6.92 Å². The fraction of sp³-hybridized carbons (Fsp3) is 0.172. The molecule has 2 unspecified atom stereocenters. The van der Waals surface area contributed by atoms with Gasteiger partial charge in [-0.2, -0.15) is 4.31 Å². The van der Waals surface area contributed by atoms with Gasteiger partial charge >= 0.3 is 0 Å². The number of fused-ring (bicyclic) bond motifs is 5. The number of rotatable bonds is 3. The lowest BCUT2D eigenvalue weighted by molar-refractivity contribution is 0.156. The first-order chi connectivity index (χ1) is 16.5. The van der Waals surface area contributed by atoms with Gasteiger partial charge in [0.1, 0.15) is 6.17 Å². The highest BCUT2D eigenvalue weighted by Crippen LogP contribution is 2.49. The fourth-order valence-electron chi connectivity index (χ4n) is 5.37. The molecule has 0 aromatic heterocycles. The van der Waals surface area contributed by atoms with E-state index in [1.54, 1.807) is 16.4 Å². The van der Waals surface area contributed by atoms with Crippen molar-refractivity contribution in [2.75, 3.05) is 6.54 Å². The molecule has 4 nitrogen and oxygen atoms in total. The van der Waals surface area contributed by atoms with Crippen LogP contribution < -0.4 is 0 Å². The largest absolute Gasteiger partial charge is 0.270 e. The van der Waals surface area contributed by atoms with E-state index < -0.39 is 10.0 Å². The standard InChI is InChI=1S/C29H26N2O2S/c1-21-15-17-24(18-16-21)34(32,33)31-20-28(22-9-3-2-4-10-22)30-19-23-11-5-6-12-25(23)26-13-7-8-14-27(26)29(30)31/h2-18,28-29H,19-20H2,1H3. The molecule has 34 heavy (non-hydrogen) atoms. The summed E-state index contributed by atoms with van der Waals surface area (Å²) in [6.45, 7) is 3.05. The van der Waals surface area contributed by atoms with Crippen molar-refractivity contribution in [1.29, 1.82) is 0 Å². The van der Waals surface area contributed by atoms with Gasteiger partial charge in [-0.1, -0.05) is 96.6 Å². The topological polar surface area (TPSA) is 40.6 Å². The molecule has 2 heterocycles. The van der Waals surface area contributed by atoms with E-state index in [4.69, 9.17) is 0 Å². The third-order valence-electron chi connectivity index (χ3n) is 7.05. The number of aryl methyl sites for hydroxylation is 1. The van der Waals surface area contributed by atoms with E-state index in [0.717, 1.165) is 22.3 Å². The van der Waals surface area contributed by atoms with Crippen LogP contribution in [0.3, 0.4) is 0 Å². The van der Waals surface area contributed by atoms with Crippen LogP contribution in [0.2, 0.25) is 0 Å². The van der Waals surface area contributed by atoms with Gasteiger partial charge < -0.3 is 0 Å². The average Bonchev–Trinajstić information content (AvgIpc) is 3.18. The molecule has 0 bridgehead atoms. The molecule has 0 radical (unpaired) electrons. The van der Waals surface area contributed by atoms with Crippen LogP contribution in [-0.2, 0) is 16.6 Å². The highest BCUT2D eigenvalue weighted by molar-refractivity contribution is 7.89. The lowest BCUT2D eigenvalue weighted by Gasteiger charge is -2.31. The fourth-order valence-corrected chi connectivity index (χ4v) is 6.96. The van der Waals surface area contributed by atoms with Crippen LogP contribution in [-0.4, -0.2) is 24.2 Å². The van der Waals surface area contributed by atoms with E-state index in [0.29, 0.717) is 18.0 Å². The summed E-state index contributed by atoms with van der Waals surface area (Å²) in [6.07, 6.45) is -0.389. The highest BCUT2D eigenvalue weighted by atomic mass is 32.2. The first-order valence-electron chi connectivity index (χ1n) is 11.6. The number of hydrogen-bond acceptors (Lipinski definition) is 3. The Morgan fingerprint density at radius 2 is 1.38 bits per heavy atom. The predicted molar refractivity (Wildman–Crippen MR) is 134 cm³/mol. The van der Waals surface area contributed by atoms with Gasteiger partial charge in [0.15, 0.2) is 0 Å². The van der Waals surface area contributed by atoms with Crippen molar-refractivity contribution in [3.63, 3.8) is 0 Å². The van der Waals surface area contributed by atoms with Gasteiger partial charge in [-0.15, -0.1) is 0 Å². The van der Waals surface area contributed by atoms with E-state index in [1.807, 2.05) is 49.4 Å². The molecular formula is C29H26N2O2S. The summed E-state index contributed by atoms with van der Waals surface area (Å²) in [5, 5.41) is 0. The predicted octanol–water partition coefficient (Wildman–Crippen LogP) is 5.92. The number of sulfonamides is 1. The minimum Gasteiger partial charge on any atom is -0.270 e. The zero-order chi connectivity index (χ0) is 23.3. The maximum atomic E-state index is 14.1. The van der Waals surface area contributed by atoms with Gasteiger partial charge in [-0.25, -0.2) is 8.42 Å². The van der Waals surface area contributed by atoms with E-state index in [-0.39, 0.29) is 12.2 Å². The second kappa shape index (κ2) is 8.20. The first-order valence-corrected chi connectivity index (χ1v) is 13.0. The van der Waals surface area contributed by atoms with Crippen molar-refractivity contribution in [3.8, 4) is 11.1 Å². The van der Waals surface area contributed by atoms with Crippen molar-refractivity contribution < 1.29 is 8.42 Å². The lowest BCUT2D eigenvalue weighted by atomic mass is 9.96. The molecule has 2 aliphatic rings. The zero-order valence-electron chi connectivity index (χ0n) is 19.0. The van der Waals surface area contributed by atoms with Crippen molar-refractivity contribution in [2.45, 2.75) is 30.6 Å². The van der Waals surface area contributed by atoms with Crippen molar-refractivity contribution >= 4 is 10.0 Å². The second-order valence-corrected chi connectivity index (χ2v) is 11.0. The molecule has 4 aromatic carbocycles. The quantitative estimate of drug-likeness (QED) is 0.376. The third kappa shape index (κ3) is 3.40. The molecule has 0 spiro atoms. The third-order valence-corrected chi connectivity index (χ3v) is 8.89. The maximum absolute atomic E-state index is 14.1. The summed E-state index contributed by atoms with van der Waals surface area (Å²) >= 11 is 0. The second-order valence-electron chi connectivity index (χ2n) is 9.10. The molecular weight excluding hydrogens is 440 g/mol. The minimum atomic E-state index is -3.72. The van der Waals surface area contributed by atoms with Crippen LogP contribution >= 0.6 is 0 Å². The van der Waals surface area contributed by atoms with Crippen LogP contribution in [0.15, 0.2) is 108 Å². The van der Waals surface area contributed by atoms with Crippen LogP contribution in [0.1, 0.15) is 34.5 Å². The summed E-state index contributed by atoms with van der Waals surface area (Å²) in [5.41, 5.74) is 6.69. The van der Waals surface area contributed by atoms with Crippen LogP contribution in [0.5, 0.6) is 0 Å². The normalized spacial score (nSPS) is 20.3. The molecule has 0 N–H and O–H groups in total. The Labute approximate surface area is 201 Å². The van der Waals surface area contributed by atoms with Gasteiger partial charge in [0.2, 0.25) is 10.0 Å². The van der Waals surface area contributed by atoms with Gasteiger partial charge in [0.05, 0.1) is 10.9 Å². The van der Waals surface area contributed by atoms with Crippen molar-refractivity contribution in [2.24, 2.45) is 0 Å². The SMILES string of the molecule is Cc1ccc(S(=O)(=O)N2CC(c3ccccc3)N3Cc4ccccc4-c4ccccc4C32)cc1. The summed E-state index contributed by atoms with van der Waals surface area (Å²) in [6, 6.07) is 34.1. The summed E-state index contributed by atoms with van der Waals surface area (Å²) in [5.74, 6) is 0. The lowest BCUT2D eigenvalue weighted by Crippen LogP contribution is -2.34. The molecule has 2 aliphatic heterocycles. The van der Waals surface area contributed by atoms with Gasteiger partial charge in [0, 0.05) is 13.1 Å². The van der Waals surface area contributed by atoms with Crippen molar-refractivity contribution in [1.82, 2.24) is 9.21 Å². The Morgan fingerprint density at radius 1 is 0.735 bits per heavy atom. The number of nitrogens with zero attached hydrogens (tertiary/aromatic N) is 2. The van der Waals surface area contributed by atoms with E-state index in [2.05, 4.69) is 53.4 Å². The van der Waals surface area contributed by atoms with Gasteiger partial charge in [-0.3, -0.25) is 4.90 Å². The Morgan fingerprint density at radius 3 is 2.15 bits per heavy atom. The monoisotopic (exact) mass is 466 g/mol. The van der Waals surface area contributed by atoms with E-state index >= 15 is 0 Å². The summed E-state index contributed by atoms with van der Waals surface area (Å²) in [7, 11) is -3.72. The summed E-state index contributed by atoms with van der Waals surface area (Å²) in [4.78, 5) is 2.69. The molecule has 1 fully saturated rings. The number of benzene rings is 4. The average molecular weight is 467 g/mol. The molecule has 0 aliphatic carbocycles. The van der Waals surface area contributed by atoms with Gasteiger partial charge in [0.25, 0.3) is 0 Å². The van der Waals surface area contributed by atoms with Crippen molar-refractivity contribution in [3.05, 3.63) is 125 Å². The molecule has 0 amide bonds. The molecule has 0 saturated carbocycles. The van der Waals surface area contributed by atoms with E-state index in [1.165, 1.54) is 11.1 Å². The molecule has 6 rings (SSSR count). The minimum absolute atomic E-state index is 0.0503. The summed E-state index contributed by atoms with van der Waals surface area (Å²) < 4.78 is 29.9.